The van der Waals surface area contributed by atoms with Gasteiger partial charge < -0.3 is 19.3 Å². The molecule has 0 bridgehead atoms. The summed E-state index contributed by atoms with van der Waals surface area (Å²) >= 11 is 0. The molecule has 0 saturated heterocycles. The van der Waals surface area contributed by atoms with E-state index in [1.54, 1.807) is 0 Å². The lowest BCUT2D eigenvalue weighted by Crippen LogP contribution is -2.43. The molecule has 1 aliphatic heterocycles. The highest BCUT2D eigenvalue weighted by Crippen LogP contribution is 2.58. The summed E-state index contributed by atoms with van der Waals surface area (Å²) in [5.41, 5.74) is -2.79. The van der Waals surface area contributed by atoms with E-state index in [2.05, 4.69) is 0 Å². The highest BCUT2D eigenvalue weighted by molar-refractivity contribution is 5.98. The van der Waals surface area contributed by atoms with Gasteiger partial charge in [0.2, 0.25) is 5.43 Å². The molecule has 1 amide bonds. The molecule has 13 heteroatoms. The predicted octanol–water partition coefficient (Wildman–Crippen LogP) is 5.34. The van der Waals surface area contributed by atoms with Gasteiger partial charge >= 0.3 is 24.7 Å². The molecule has 0 radical (unpaired) electrons. The molecule has 2 saturated carbocycles. The van der Waals surface area contributed by atoms with E-state index in [0.717, 1.165) is 17.2 Å². The van der Waals surface area contributed by atoms with E-state index in [9.17, 15) is 41.4 Å². The standard InChI is InChI=1S/C26H18F6N2O5/c27-17-8-14-19(33(13-2-3-13)10-15(20(14)35)22(36)37)21(39-24(28)29)18(17)11-1-4-16-12(7-11)9-34(25(16)5-6-25)23(38)26(30,31)32/h1,4,7-8,10,13,24H,2-3,5-6,9H2,(H,36,37). The van der Waals surface area contributed by atoms with Crippen LogP contribution in [0.15, 0.2) is 35.3 Å². The number of benzene rings is 2. The highest BCUT2D eigenvalue weighted by atomic mass is 19.4. The highest BCUT2D eigenvalue weighted by Gasteiger charge is 2.60. The Hall–Kier alpha value is -4.03. The van der Waals surface area contributed by atoms with E-state index < -0.39 is 70.3 Å². The molecule has 3 aliphatic rings. The first-order chi connectivity index (χ1) is 18.3. The number of rotatable bonds is 5. The number of hydrogen-bond donors (Lipinski definition) is 1. The van der Waals surface area contributed by atoms with Crippen molar-refractivity contribution in [3.63, 3.8) is 0 Å². The lowest BCUT2D eigenvalue weighted by Gasteiger charge is -2.25. The van der Waals surface area contributed by atoms with Crippen LogP contribution in [-0.2, 0) is 16.9 Å². The van der Waals surface area contributed by atoms with Crippen LogP contribution in [0.3, 0.4) is 0 Å². The minimum atomic E-state index is -5.09. The number of fused-ring (bicyclic) bond motifs is 3. The first-order valence-corrected chi connectivity index (χ1v) is 12.0. The lowest BCUT2D eigenvalue weighted by atomic mass is 9.95. The number of pyridine rings is 1. The topological polar surface area (TPSA) is 88.8 Å². The zero-order chi connectivity index (χ0) is 28.0. The van der Waals surface area contributed by atoms with Gasteiger partial charge in [-0.15, -0.1) is 0 Å². The average molecular weight is 552 g/mol. The Morgan fingerprint density at radius 2 is 1.82 bits per heavy atom. The Morgan fingerprint density at radius 3 is 2.38 bits per heavy atom. The molecule has 2 heterocycles. The van der Waals surface area contributed by atoms with E-state index in [1.807, 2.05) is 0 Å². The van der Waals surface area contributed by atoms with Crippen LogP contribution < -0.4 is 10.2 Å². The Bertz CT molecular complexity index is 1640. The zero-order valence-electron chi connectivity index (χ0n) is 19.8. The summed E-state index contributed by atoms with van der Waals surface area (Å²) in [4.78, 5) is 37.4. The van der Waals surface area contributed by atoms with Gasteiger partial charge in [-0.25, -0.2) is 9.18 Å². The van der Waals surface area contributed by atoms with Gasteiger partial charge in [0, 0.05) is 18.8 Å². The third-order valence-corrected chi connectivity index (χ3v) is 7.55. The number of aromatic carboxylic acids is 1. The average Bonchev–Trinajstić information content (AvgIpc) is 3.76. The lowest BCUT2D eigenvalue weighted by molar-refractivity contribution is -0.189. The van der Waals surface area contributed by atoms with Crippen LogP contribution in [0.1, 0.15) is 53.2 Å². The smallest absolute Gasteiger partial charge is 0.471 e. The van der Waals surface area contributed by atoms with Gasteiger partial charge in [-0.3, -0.25) is 9.59 Å². The van der Waals surface area contributed by atoms with Gasteiger partial charge in [-0.2, -0.15) is 22.0 Å². The third-order valence-electron chi connectivity index (χ3n) is 7.55. The number of nitrogens with zero attached hydrogens (tertiary/aromatic N) is 2. The Balaban J connectivity index is 1.57. The molecule has 1 N–H and O–H groups in total. The Morgan fingerprint density at radius 1 is 1.13 bits per heavy atom. The number of carbonyl (C=O) groups is 2. The van der Waals surface area contributed by atoms with Crippen molar-refractivity contribution in [1.82, 2.24) is 9.47 Å². The maximum atomic E-state index is 15.6. The van der Waals surface area contributed by atoms with Crippen LogP contribution in [0.4, 0.5) is 26.3 Å². The second-order valence-electron chi connectivity index (χ2n) is 9.95. The van der Waals surface area contributed by atoms with Crippen LogP contribution >= 0.6 is 0 Å². The number of ether oxygens (including phenoxy) is 1. The van der Waals surface area contributed by atoms with E-state index >= 15 is 4.39 Å². The number of aromatic nitrogens is 1. The van der Waals surface area contributed by atoms with Crippen molar-refractivity contribution < 1.29 is 45.8 Å². The SMILES string of the molecule is O=C(O)c1cn(C2CC2)c2c(OC(F)F)c(-c3ccc4c(c3)CN(C(=O)C(F)(F)F)C43CC3)c(F)cc2c1=O. The fourth-order valence-corrected chi connectivity index (χ4v) is 5.60. The van der Waals surface area contributed by atoms with Crippen molar-refractivity contribution in [3.05, 3.63) is 63.2 Å². The number of hydrogen-bond acceptors (Lipinski definition) is 4. The van der Waals surface area contributed by atoms with Crippen LogP contribution in [0.25, 0.3) is 22.0 Å². The van der Waals surface area contributed by atoms with Crippen molar-refractivity contribution in [2.45, 2.75) is 56.6 Å². The van der Waals surface area contributed by atoms with Gasteiger partial charge in [0.05, 0.1) is 22.0 Å². The maximum Gasteiger partial charge on any atom is 0.471 e. The molecule has 2 fully saturated rings. The van der Waals surface area contributed by atoms with Gasteiger partial charge in [-0.05, 0) is 54.5 Å². The molecule has 6 rings (SSSR count). The maximum absolute atomic E-state index is 15.6. The van der Waals surface area contributed by atoms with Gasteiger partial charge in [0.15, 0.2) is 5.75 Å². The summed E-state index contributed by atoms with van der Waals surface area (Å²) in [6.07, 6.45) is -2.34. The summed E-state index contributed by atoms with van der Waals surface area (Å²) < 4.78 is 88.7. The minimum Gasteiger partial charge on any atom is -0.477 e. The molecule has 2 aliphatic carbocycles. The van der Waals surface area contributed by atoms with Crippen molar-refractivity contribution >= 4 is 22.8 Å². The van der Waals surface area contributed by atoms with Crippen molar-refractivity contribution in [3.8, 4) is 16.9 Å². The number of carboxylic acid groups (broad SMARTS) is 1. The number of carboxylic acids is 1. The van der Waals surface area contributed by atoms with Gasteiger partial charge in [-0.1, -0.05) is 12.1 Å². The zero-order valence-corrected chi connectivity index (χ0v) is 19.8. The molecule has 3 aromatic rings. The first kappa shape index (κ1) is 25.3. The molecule has 204 valence electrons. The number of halogens is 6. The quantitative estimate of drug-likeness (QED) is 0.432. The Kier molecular flexibility index (Phi) is 5.33. The molecule has 0 unspecified atom stereocenters. The molecular formula is C26H18F6N2O5. The van der Waals surface area contributed by atoms with E-state index in [0.29, 0.717) is 36.8 Å². The van der Waals surface area contributed by atoms with Crippen molar-refractivity contribution in [2.75, 3.05) is 0 Å². The van der Waals surface area contributed by atoms with Gasteiger partial charge in [0.25, 0.3) is 0 Å². The molecule has 1 aromatic heterocycles. The van der Waals surface area contributed by atoms with E-state index in [4.69, 9.17) is 4.74 Å². The monoisotopic (exact) mass is 552 g/mol. The molecule has 7 nitrogen and oxygen atoms in total. The van der Waals surface area contributed by atoms with Gasteiger partial charge in [0.1, 0.15) is 11.4 Å². The van der Waals surface area contributed by atoms with E-state index in [-0.39, 0.29) is 17.1 Å². The normalized spacial score (nSPS) is 17.7. The molecule has 0 atom stereocenters. The summed E-state index contributed by atoms with van der Waals surface area (Å²) in [5, 5.41) is 9.00. The fraction of sp³-hybridized carbons (Fsp3) is 0.346. The molecular weight excluding hydrogens is 534 g/mol. The van der Waals surface area contributed by atoms with Crippen LogP contribution in [-0.4, -0.2) is 39.2 Å². The summed E-state index contributed by atoms with van der Waals surface area (Å²) in [7, 11) is 0. The largest absolute Gasteiger partial charge is 0.477 e. The molecule has 2 aromatic carbocycles. The fourth-order valence-electron chi connectivity index (χ4n) is 5.60. The number of amides is 1. The Labute approximate surface area is 215 Å². The number of carbonyl (C=O) groups excluding carboxylic acids is 1. The number of alkyl halides is 5. The van der Waals surface area contributed by atoms with Crippen LogP contribution in [0, 0.1) is 5.82 Å². The van der Waals surface area contributed by atoms with Crippen LogP contribution in [0.2, 0.25) is 0 Å². The van der Waals surface area contributed by atoms with Crippen molar-refractivity contribution in [2.24, 2.45) is 0 Å². The third kappa shape index (κ3) is 3.85. The minimum absolute atomic E-state index is 0.0157. The predicted molar refractivity (Wildman–Crippen MR) is 123 cm³/mol. The summed E-state index contributed by atoms with van der Waals surface area (Å²) in [6.45, 7) is -3.85. The second kappa shape index (κ2) is 8.23. The summed E-state index contributed by atoms with van der Waals surface area (Å²) in [5.74, 6) is -5.42. The molecule has 39 heavy (non-hydrogen) atoms. The van der Waals surface area contributed by atoms with E-state index in [1.165, 1.54) is 22.8 Å². The first-order valence-electron chi connectivity index (χ1n) is 12.0. The van der Waals surface area contributed by atoms with Crippen LogP contribution in [0.5, 0.6) is 5.75 Å². The van der Waals surface area contributed by atoms with Crippen molar-refractivity contribution in [1.29, 1.82) is 0 Å². The molecule has 1 spiro atoms. The summed E-state index contributed by atoms with van der Waals surface area (Å²) in [6, 6.07) is 4.53. The second-order valence-corrected chi connectivity index (χ2v) is 9.95.